The number of Topliss-reactive ketones (excluding diaryl/α,β-unsaturated/α-hetero) is 1. The highest BCUT2D eigenvalue weighted by atomic mass is 16.5. The van der Waals surface area contributed by atoms with Crippen molar-refractivity contribution in [1.29, 1.82) is 0 Å². The van der Waals surface area contributed by atoms with E-state index in [1.165, 1.54) is 7.11 Å². The number of ether oxygens (including phenoxy) is 1. The Kier molecular flexibility index (Phi) is 2.44. The van der Waals surface area contributed by atoms with Crippen LogP contribution in [0.1, 0.15) is 25.7 Å². The van der Waals surface area contributed by atoms with E-state index in [1.807, 2.05) is 0 Å². The number of hydrogen-bond acceptors (Lipinski definition) is 3. The minimum absolute atomic E-state index is 0.0860. The van der Waals surface area contributed by atoms with Crippen LogP contribution in [0.5, 0.6) is 0 Å². The first-order valence-corrected chi connectivity index (χ1v) is 5.11. The molecule has 1 aliphatic heterocycles. The Bertz CT molecular complexity index is 264. The molecule has 2 atom stereocenters. The Morgan fingerprint density at radius 3 is 3.00 bits per heavy atom. The maximum Gasteiger partial charge on any atom is 0.409 e. The van der Waals surface area contributed by atoms with Crippen LogP contribution in [0, 0.1) is 5.92 Å². The maximum absolute atomic E-state index is 11.6. The molecule has 0 spiro atoms. The third-order valence-corrected chi connectivity index (χ3v) is 3.29. The summed E-state index contributed by atoms with van der Waals surface area (Å²) in [7, 11) is 1.39. The topological polar surface area (TPSA) is 46.6 Å². The van der Waals surface area contributed by atoms with Gasteiger partial charge in [0.15, 0.2) is 0 Å². The first kappa shape index (κ1) is 9.49. The van der Waals surface area contributed by atoms with Gasteiger partial charge in [-0.15, -0.1) is 0 Å². The van der Waals surface area contributed by atoms with E-state index in [-0.39, 0.29) is 18.1 Å². The van der Waals surface area contributed by atoms with Gasteiger partial charge in [0.2, 0.25) is 0 Å². The van der Waals surface area contributed by atoms with Crippen molar-refractivity contribution in [3.8, 4) is 0 Å². The minimum atomic E-state index is -0.285. The Labute approximate surface area is 83.2 Å². The SMILES string of the molecule is COC(=O)N1CC[C@@H]2C(=O)CCC[C@H]21. The van der Waals surface area contributed by atoms with Gasteiger partial charge in [-0.1, -0.05) is 0 Å². The molecule has 0 aromatic rings. The van der Waals surface area contributed by atoms with Gasteiger partial charge in [-0.2, -0.15) is 0 Å². The molecule has 0 N–H and O–H groups in total. The highest BCUT2D eigenvalue weighted by Gasteiger charge is 2.42. The molecule has 4 heteroatoms. The predicted molar refractivity (Wildman–Crippen MR) is 49.9 cm³/mol. The van der Waals surface area contributed by atoms with E-state index in [1.54, 1.807) is 4.90 Å². The molecule has 0 radical (unpaired) electrons. The van der Waals surface area contributed by atoms with Crippen molar-refractivity contribution in [3.05, 3.63) is 0 Å². The van der Waals surface area contributed by atoms with Crippen molar-refractivity contribution < 1.29 is 14.3 Å². The molecule has 2 aliphatic rings. The van der Waals surface area contributed by atoms with Gasteiger partial charge in [-0.25, -0.2) is 4.79 Å². The number of ketones is 1. The van der Waals surface area contributed by atoms with Gasteiger partial charge < -0.3 is 9.64 Å². The molecule has 0 aromatic heterocycles. The molecule has 2 fully saturated rings. The predicted octanol–water partition coefficient (Wildman–Crippen LogP) is 1.20. The van der Waals surface area contributed by atoms with Crippen LogP contribution in [0.2, 0.25) is 0 Å². The van der Waals surface area contributed by atoms with Crippen molar-refractivity contribution in [2.45, 2.75) is 31.7 Å². The Morgan fingerprint density at radius 1 is 1.50 bits per heavy atom. The van der Waals surface area contributed by atoms with Gasteiger partial charge in [-0.05, 0) is 19.3 Å². The average Bonchev–Trinajstić information content (AvgIpc) is 2.62. The summed E-state index contributed by atoms with van der Waals surface area (Å²) < 4.78 is 4.69. The van der Waals surface area contributed by atoms with E-state index in [0.717, 1.165) is 19.3 Å². The number of methoxy groups -OCH3 is 1. The van der Waals surface area contributed by atoms with Gasteiger partial charge in [0.1, 0.15) is 5.78 Å². The number of rotatable bonds is 0. The molecule has 1 heterocycles. The standard InChI is InChI=1S/C10H15NO3/c1-14-10(13)11-6-5-7-8(11)3-2-4-9(7)12/h7-8H,2-6H2,1H3/t7-,8+/m0/s1. The fraction of sp³-hybridized carbons (Fsp3) is 0.800. The third kappa shape index (κ3) is 1.38. The molecule has 4 nitrogen and oxygen atoms in total. The highest BCUT2D eigenvalue weighted by Crippen LogP contribution is 2.34. The Morgan fingerprint density at radius 2 is 2.29 bits per heavy atom. The molecule has 14 heavy (non-hydrogen) atoms. The Balaban J connectivity index is 2.10. The summed E-state index contributed by atoms with van der Waals surface area (Å²) in [5, 5.41) is 0. The zero-order valence-corrected chi connectivity index (χ0v) is 8.36. The van der Waals surface area contributed by atoms with Crippen LogP contribution in [0.25, 0.3) is 0 Å². The molecule has 0 bridgehead atoms. The largest absolute Gasteiger partial charge is 0.453 e. The number of likely N-dealkylation sites (tertiary alicyclic amines) is 1. The number of nitrogens with zero attached hydrogens (tertiary/aromatic N) is 1. The van der Waals surface area contributed by atoms with Crippen LogP contribution >= 0.6 is 0 Å². The van der Waals surface area contributed by atoms with Gasteiger partial charge in [0.05, 0.1) is 7.11 Å². The summed E-state index contributed by atoms with van der Waals surface area (Å²) in [4.78, 5) is 24.6. The molecule has 1 saturated carbocycles. The van der Waals surface area contributed by atoms with Crippen LogP contribution in [-0.4, -0.2) is 36.5 Å². The molecule has 78 valence electrons. The van der Waals surface area contributed by atoms with Gasteiger partial charge >= 0.3 is 6.09 Å². The zero-order chi connectivity index (χ0) is 10.1. The van der Waals surface area contributed by atoms with E-state index >= 15 is 0 Å². The van der Waals surface area contributed by atoms with Gasteiger partial charge in [-0.3, -0.25) is 4.79 Å². The molecular formula is C10H15NO3. The lowest BCUT2D eigenvalue weighted by atomic mass is 9.84. The normalized spacial score (nSPS) is 31.5. The molecule has 1 saturated heterocycles. The fourth-order valence-electron chi connectivity index (χ4n) is 2.60. The lowest BCUT2D eigenvalue weighted by molar-refractivity contribution is -0.125. The second-order valence-electron chi connectivity index (χ2n) is 3.98. The first-order valence-electron chi connectivity index (χ1n) is 5.11. The zero-order valence-electron chi connectivity index (χ0n) is 8.36. The number of carbonyl (C=O) groups is 2. The van der Waals surface area contributed by atoms with Crippen LogP contribution in [-0.2, 0) is 9.53 Å². The molecule has 1 aliphatic carbocycles. The molecule has 2 rings (SSSR count). The number of amides is 1. The quantitative estimate of drug-likeness (QED) is 0.586. The van der Waals surface area contributed by atoms with E-state index < -0.39 is 0 Å². The summed E-state index contributed by atoms with van der Waals surface area (Å²) in [6.07, 6.45) is 3.08. The van der Waals surface area contributed by atoms with E-state index in [9.17, 15) is 9.59 Å². The molecular weight excluding hydrogens is 182 g/mol. The lowest BCUT2D eigenvalue weighted by Gasteiger charge is -2.29. The maximum atomic E-state index is 11.6. The smallest absolute Gasteiger partial charge is 0.409 e. The summed E-state index contributed by atoms with van der Waals surface area (Å²) >= 11 is 0. The third-order valence-electron chi connectivity index (χ3n) is 3.29. The minimum Gasteiger partial charge on any atom is -0.453 e. The van der Waals surface area contributed by atoms with E-state index in [2.05, 4.69) is 0 Å². The van der Waals surface area contributed by atoms with E-state index in [0.29, 0.717) is 18.7 Å². The van der Waals surface area contributed by atoms with Crippen LogP contribution < -0.4 is 0 Å². The summed E-state index contributed by atoms with van der Waals surface area (Å²) in [6.45, 7) is 0.674. The molecule has 1 amide bonds. The van der Waals surface area contributed by atoms with Crippen LogP contribution in [0.4, 0.5) is 4.79 Å². The fourth-order valence-corrected chi connectivity index (χ4v) is 2.60. The van der Waals surface area contributed by atoms with Crippen molar-refractivity contribution >= 4 is 11.9 Å². The number of carbonyl (C=O) groups excluding carboxylic acids is 2. The summed E-state index contributed by atoms with van der Waals surface area (Å²) in [5.74, 6) is 0.413. The highest BCUT2D eigenvalue weighted by molar-refractivity contribution is 5.84. The number of fused-ring (bicyclic) bond motifs is 1. The first-order chi connectivity index (χ1) is 6.74. The van der Waals surface area contributed by atoms with E-state index in [4.69, 9.17) is 4.74 Å². The van der Waals surface area contributed by atoms with Crippen molar-refractivity contribution in [2.75, 3.05) is 13.7 Å². The summed E-state index contributed by atoms with van der Waals surface area (Å²) in [5.41, 5.74) is 0. The van der Waals surface area contributed by atoms with Crippen molar-refractivity contribution in [3.63, 3.8) is 0 Å². The molecule has 0 aromatic carbocycles. The molecule has 0 unspecified atom stereocenters. The van der Waals surface area contributed by atoms with Crippen molar-refractivity contribution in [2.24, 2.45) is 5.92 Å². The Hall–Kier alpha value is -1.06. The monoisotopic (exact) mass is 197 g/mol. The second kappa shape index (κ2) is 3.59. The van der Waals surface area contributed by atoms with Gasteiger partial charge in [0.25, 0.3) is 0 Å². The average molecular weight is 197 g/mol. The van der Waals surface area contributed by atoms with Crippen LogP contribution in [0.3, 0.4) is 0 Å². The lowest BCUT2D eigenvalue weighted by Crippen LogP contribution is -2.41. The van der Waals surface area contributed by atoms with Crippen molar-refractivity contribution in [1.82, 2.24) is 4.90 Å². The summed E-state index contributed by atoms with van der Waals surface area (Å²) in [6, 6.07) is 0.115. The van der Waals surface area contributed by atoms with Gasteiger partial charge in [0, 0.05) is 24.9 Å². The van der Waals surface area contributed by atoms with Crippen LogP contribution in [0.15, 0.2) is 0 Å². The second-order valence-corrected chi connectivity index (χ2v) is 3.98. The number of hydrogen-bond donors (Lipinski definition) is 0.